The molecule has 21 heavy (non-hydrogen) atoms. The molecule has 0 spiro atoms. The van der Waals surface area contributed by atoms with E-state index in [1.807, 2.05) is 0 Å². The molecule has 4 aliphatic carbocycles. The highest BCUT2D eigenvalue weighted by atomic mass is 16.1. The third-order valence-electron chi connectivity index (χ3n) is 6.98. The van der Waals surface area contributed by atoms with Crippen molar-refractivity contribution in [2.24, 2.45) is 23.2 Å². The van der Waals surface area contributed by atoms with E-state index in [9.17, 15) is 4.79 Å². The van der Waals surface area contributed by atoms with E-state index in [0.717, 1.165) is 24.3 Å². The second-order valence-corrected chi connectivity index (χ2v) is 8.57. The Morgan fingerprint density at radius 1 is 1.19 bits per heavy atom. The lowest BCUT2D eigenvalue weighted by atomic mass is 9.48. The molecule has 4 bridgehead atoms. The summed E-state index contributed by atoms with van der Waals surface area (Å²) in [5.74, 6) is 3.17. The predicted octanol–water partition coefficient (Wildman–Crippen LogP) is 2.85. The SMILES string of the molecule is CC(NC(=O)CC1CCCN1)C12CC3CC(CC(C3)C1)C2. The Kier molecular flexibility index (Phi) is 3.52. The van der Waals surface area contributed by atoms with Crippen LogP contribution >= 0.6 is 0 Å². The summed E-state index contributed by atoms with van der Waals surface area (Å²) < 4.78 is 0. The monoisotopic (exact) mass is 290 g/mol. The topological polar surface area (TPSA) is 41.1 Å². The molecule has 3 heteroatoms. The standard InChI is InChI=1S/C18H30N2O/c1-12(20-17(21)8-16-3-2-4-19-16)18-9-13-5-14(10-18)7-15(6-13)11-18/h12-16,19H,2-11H2,1H3,(H,20,21). The summed E-state index contributed by atoms with van der Waals surface area (Å²) in [5.41, 5.74) is 0.438. The molecule has 0 radical (unpaired) electrons. The number of carbonyl (C=O) groups excluding carboxylic acids is 1. The van der Waals surface area contributed by atoms with Gasteiger partial charge < -0.3 is 10.6 Å². The lowest BCUT2D eigenvalue weighted by molar-refractivity contribution is -0.126. The van der Waals surface area contributed by atoms with Gasteiger partial charge in [-0.3, -0.25) is 4.79 Å². The van der Waals surface area contributed by atoms with Crippen LogP contribution in [0.1, 0.15) is 64.7 Å². The zero-order chi connectivity index (χ0) is 14.4. The van der Waals surface area contributed by atoms with Gasteiger partial charge in [0.25, 0.3) is 0 Å². The van der Waals surface area contributed by atoms with Crippen LogP contribution in [0.3, 0.4) is 0 Å². The molecule has 0 aromatic carbocycles. The number of hydrogen-bond acceptors (Lipinski definition) is 2. The first-order valence-corrected chi connectivity index (χ1v) is 9.16. The predicted molar refractivity (Wildman–Crippen MR) is 83.9 cm³/mol. The van der Waals surface area contributed by atoms with Crippen molar-refractivity contribution >= 4 is 5.91 Å². The van der Waals surface area contributed by atoms with Crippen molar-refractivity contribution in [2.75, 3.05) is 6.54 Å². The van der Waals surface area contributed by atoms with E-state index < -0.39 is 0 Å². The normalized spacial score (nSPS) is 45.8. The summed E-state index contributed by atoms with van der Waals surface area (Å²) in [5, 5.41) is 6.82. The fourth-order valence-corrected chi connectivity index (χ4v) is 6.32. The van der Waals surface area contributed by atoms with Crippen LogP contribution in [0.2, 0.25) is 0 Å². The minimum absolute atomic E-state index is 0.276. The van der Waals surface area contributed by atoms with Gasteiger partial charge in [-0.05, 0) is 88.0 Å². The van der Waals surface area contributed by atoms with E-state index in [1.165, 1.54) is 51.4 Å². The van der Waals surface area contributed by atoms with Crippen LogP contribution in [0.25, 0.3) is 0 Å². The molecule has 0 aromatic heterocycles. The number of amides is 1. The van der Waals surface area contributed by atoms with Crippen LogP contribution in [0, 0.1) is 23.2 Å². The van der Waals surface area contributed by atoms with Crippen LogP contribution in [0.4, 0.5) is 0 Å². The van der Waals surface area contributed by atoms with E-state index in [0.29, 0.717) is 23.9 Å². The molecule has 4 saturated carbocycles. The zero-order valence-electron chi connectivity index (χ0n) is 13.4. The Morgan fingerprint density at radius 3 is 2.33 bits per heavy atom. The molecular formula is C18H30N2O. The van der Waals surface area contributed by atoms with Crippen LogP contribution in [0.5, 0.6) is 0 Å². The van der Waals surface area contributed by atoms with Gasteiger partial charge in [-0.2, -0.15) is 0 Å². The Balaban J connectivity index is 1.38. The summed E-state index contributed by atoms with van der Waals surface area (Å²) in [6, 6.07) is 0.799. The molecule has 118 valence electrons. The van der Waals surface area contributed by atoms with Gasteiger partial charge in [0.2, 0.25) is 5.91 Å². The molecule has 2 atom stereocenters. The average Bonchev–Trinajstić information content (AvgIpc) is 2.89. The van der Waals surface area contributed by atoms with Gasteiger partial charge in [-0.25, -0.2) is 0 Å². The smallest absolute Gasteiger partial charge is 0.221 e. The third kappa shape index (κ3) is 2.62. The van der Waals surface area contributed by atoms with E-state index in [-0.39, 0.29) is 5.91 Å². The summed E-state index contributed by atoms with van der Waals surface area (Å²) in [6.07, 6.45) is 11.6. The Hall–Kier alpha value is -0.570. The maximum Gasteiger partial charge on any atom is 0.221 e. The molecule has 2 unspecified atom stereocenters. The molecule has 1 amide bonds. The lowest BCUT2D eigenvalue weighted by Crippen LogP contribution is -2.56. The minimum Gasteiger partial charge on any atom is -0.353 e. The summed E-state index contributed by atoms with van der Waals surface area (Å²) in [6.45, 7) is 3.37. The number of carbonyl (C=O) groups is 1. The van der Waals surface area contributed by atoms with E-state index in [4.69, 9.17) is 0 Å². The average molecular weight is 290 g/mol. The molecule has 3 nitrogen and oxygen atoms in total. The van der Waals surface area contributed by atoms with Crippen molar-refractivity contribution in [2.45, 2.75) is 76.8 Å². The summed E-state index contributed by atoms with van der Waals surface area (Å²) in [4.78, 5) is 12.4. The minimum atomic E-state index is 0.276. The largest absolute Gasteiger partial charge is 0.353 e. The fraction of sp³-hybridized carbons (Fsp3) is 0.944. The number of hydrogen-bond donors (Lipinski definition) is 2. The van der Waals surface area contributed by atoms with Crippen molar-refractivity contribution in [3.63, 3.8) is 0 Å². The van der Waals surface area contributed by atoms with Crippen molar-refractivity contribution in [3.05, 3.63) is 0 Å². The van der Waals surface area contributed by atoms with Gasteiger partial charge in [0.1, 0.15) is 0 Å². The third-order valence-corrected chi connectivity index (χ3v) is 6.98. The first kappa shape index (κ1) is 14.0. The van der Waals surface area contributed by atoms with Crippen LogP contribution in [-0.2, 0) is 4.79 Å². The van der Waals surface area contributed by atoms with Crippen LogP contribution in [0.15, 0.2) is 0 Å². The molecule has 1 heterocycles. The fourth-order valence-electron chi connectivity index (χ4n) is 6.32. The first-order valence-electron chi connectivity index (χ1n) is 9.16. The lowest BCUT2D eigenvalue weighted by Gasteiger charge is -2.59. The Morgan fingerprint density at radius 2 is 1.81 bits per heavy atom. The molecule has 2 N–H and O–H groups in total. The molecule has 1 saturated heterocycles. The molecular weight excluding hydrogens is 260 g/mol. The van der Waals surface area contributed by atoms with Crippen molar-refractivity contribution < 1.29 is 4.79 Å². The highest BCUT2D eigenvalue weighted by Crippen LogP contribution is 2.61. The van der Waals surface area contributed by atoms with Crippen LogP contribution < -0.4 is 10.6 Å². The number of rotatable bonds is 4. The summed E-state index contributed by atoms with van der Waals surface area (Å²) >= 11 is 0. The first-order chi connectivity index (χ1) is 10.1. The van der Waals surface area contributed by atoms with Gasteiger partial charge in [-0.15, -0.1) is 0 Å². The molecule has 0 aromatic rings. The highest BCUT2D eigenvalue weighted by Gasteiger charge is 2.53. The van der Waals surface area contributed by atoms with Crippen molar-refractivity contribution in [1.29, 1.82) is 0 Å². The quantitative estimate of drug-likeness (QED) is 0.836. The second-order valence-electron chi connectivity index (χ2n) is 8.57. The Labute approximate surface area is 128 Å². The zero-order valence-corrected chi connectivity index (χ0v) is 13.4. The molecule has 5 fully saturated rings. The highest BCUT2D eigenvalue weighted by molar-refractivity contribution is 5.77. The van der Waals surface area contributed by atoms with E-state index in [2.05, 4.69) is 17.6 Å². The van der Waals surface area contributed by atoms with Gasteiger partial charge >= 0.3 is 0 Å². The van der Waals surface area contributed by atoms with Crippen molar-refractivity contribution in [3.8, 4) is 0 Å². The molecule has 1 aliphatic heterocycles. The summed E-state index contributed by atoms with van der Waals surface area (Å²) in [7, 11) is 0. The van der Waals surface area contributed by atoms with Crippen molar-refractivity contribution in [1.82, 2.24) is 10.6 Å². The van der Waals surface area contributed by atoms with Gasteiger partial charge in [-0.1, -0.05) is 0 Å². The number of nitrogens with one attached hydrogen (secondary N) is 2. The van der Waals surface area contributed by atoms with Gasteiger partial charge in [0.15, 0.2) is 0 Å². The molecule has 5 aliphatic rings. The van der Waals surface area contributed by atoms with E-state index >= 15 is 0 Å². The van der Waals surface area contributed by atoms with E-state index in [1.54, 1.807) is 0 Å². The second kappa shape index (κ2) is 5.26. The maximum atomic E-state index is 12.4. The molecule has 5 rings (SSSR count). The van der Waals surface area contributed by atoms with Gasteiger partial charge in [0, 0.05) is 18.5 Å². The van der Waals surface area contributed by atoms with Gasteiger partial charge in [0.05, 0.1) is 0 Å². The van der Waals surface area contributed by atoms with Crippen LogP contribution in [-0.4, -0.2) is 24.5 Å². The maximum absolute atomic E-state index is 12.4. The Bertz CT molecular complexity index is 378.